The van der Waals surface area contributed by atoms with E-state index in [0.29, 0.717) is 41.7 Å². The van der Waals surface area contributed by atoms with Gasteiger partial charge in [-0.1, -0.05) is 41.4 Å². The molecule has 1 fully saturated rings. The highest BCUT2D eigenvalue weighted by Gasteiger charge is 2.45. The molecule has 1 aromatic heterocycles. The minimum absolute atomic E-state index is 0.0169. The summed E-state index contributed by atoms with van der Waals surface area (Å²) in [6, 6.07) is 15.5. The predicted molar refractivity (Wildman–Crippen MR) is 189 cm³/mol. The van der Waals surface area contributed by atoms with E-state index in [2.05, 4.69) is 26.3 Å². The average Bonchev–Trinajstić information content (AvgIpc) is 3.71. The van der Waals surface area contributed by atoms with Gasteiger partial charge in [0.15, 0.2) is 0 Å². The molecule has 4 aromatic rings. The van der Waals surface area contributed by atoms with E-state index in [1.165, 1.54) is 12.1 Å². The number of imide groups is 2. The lowest BCUT2D eigenvalue weighted by molar-refractivity contribution is -0.136. The van der Waals surface area contributed by atoms with Crippen LogP contribution in [0, 0.1) is 0 Å². The average molecular weight is 743 g/mol. The number of nitrogens with one attached hydrogen (secondary N) is 4. The van der Waals surface area contributed by atoms with Crippen LogP contribution in [-0.4, -0.2) is 66.6 Å². The van der Waals surface area contributed by atoms with Gasteiger partial charge in [0, 0.05) is 31.5 Å². The summed E-state index contributed by atoms with van der Waals surface area (Å²) in [6.07, 6.45) is 4.09. The number of hydrogen-bond donors (Lipinski definition) is 5. The molecular formula is C36H35ClN8O8. The minimum Gasteiger partial charge on any atom is -0.487 e. The molecule has 0 saturated carbocycles. The quantitative estimate of drug-likeness (QED) is 0.0511. The Morgan fingerprint density at radius 1 is 0.981 bits per heavy atom. The van der Waals surface area contributed by atoms with Crippen molar-refractivity contribution in [3.8, 4) is 5.75 Å². The molecular weight excluding hydrogens is 708 g/mol. The number of ether oxygens (including phenoxy) is 1. The number of carbonyl (C=O) groups excluding carboxylic acids is 6. The third-order valence-electron chi connectivity index (χ3n) is 8.74. The van der Waals surface area contributed by atoms with Gasteiger partial charge in [0.2, 0.25) is 17.7 Å². The zero-order valence-corrected chi connectivity index (χ0v) is 29.0. The maximum atomic E-state index is 13.2. The van der Waals surface area contributed by atoms with Crippen LogP contribution < -0.4 is 26.2 Å². The smallest absolute Gasteiger partial charge is 0.274 e. The number of unbranched alkanes of at least 4 members (excludes halogenated alkanes) is 2. The molecule has 3 heterocycles. The number of rotatable bonds is 15. The third-order valence-corrected chi connectivity index (χ3v) is 9.07. The van der Waals surface area contributed by atoms with Gasteiger partial charge in [-0.05, 0) is 67.3 Å². The van der Waals surface area contributed by atoms with E-state index in [1.807, 2.05) is 24.3 Å². The highest BCUT2D eigenvalue weighted by molar-refractivity contribution is 6.33. The number of aromatic nitrogens is 3. The van der Waals surface area contributed by atoms with Crippen molar-refractivity contribution in [3.63, 3.8) is 0 Å². The molecule has 0 aliphatic carbocycles. The van der Waals surface area contributed by atoms with Crippen LogP contribution in [-0.2, 0) is 34.1 Å². The maximum absolute atomic E-state index is 13.2. The maximum Gasteiger partial charge on any atom is 0.274 e. The number of fused-ring (bicyclic) bond motifs is 1. The van der Waals surface area contributed by atoms with E-state index in [4.69, 9.17) is 21.5 Å². The van der Waals surface area contributed by atoms with Crippen molar-refractivity contribution >= 4 is 58.4 Å². The van der Waals surface area contributed by atoms with Crippen LogP contribution in [0.15, 0.2) is 66.9 Å². The molecule has 6 rings (SSSR count). The molecule has 0 bridgehead atoms. The first kappa shape index (κ1) is 36.7. The molecule has 5 N–H and O–H groups in total. The van der Waals surface area contributed by atoms with E-state index < -0.39 is 35.6 Å². The second-order valence-electron chi connectivity index (χ2n) is 12.4. The zero-order chi connectivity index (χ0) is 37.5. The van der Waals surface area contributed by atoms with Crippen LogP contribution >= 0.6 is 11.6 Å². The second-order valence-corrected chi connectivity index (χ2v) is 12.8. The van der Waals surface area contributed by atoms with Gasteiger partial charge in [0.05, 0.1) is 33.7 Å². The van der Waals surface area contributed by atoms with Gasteiger partial charge in [0.25, 0.3) is 17.7 Å². The highest BCUT2D eigenvalue weighted by Crippen LogP contribution is 2.32. The van der Waals surface area contributed by atoms with Gasteiger partial charge >= 0.3 is 0 Å². The lowest BCUT2D eigenvalue weighted by Gasteiger charge is -2.27. The molecule has 1 unspecified atom stereocenters. The highest BCUT2D eigenvalue weighted by atomic mass is 35.5. The number of benzene rings is 3. The van der Waals surface area contributed by atoms with E-state index >= 15 is 0 Å². The topological polar surface area (TPSA) is 214 Å². The summed E-state index contributed by atoms with van der Waals surface area (Å²) in [5, 5.41) is 25.7. The number of anilines is 2. The van der Waals surface area contributed by atoms with Gasteiger partial charge in [-0.2, -0.15) is 0 Å². The van der Waals surface area contributed by atoms with E-state index in [9.17, 15) is 28.8 Å². The first-order valence-electron chi connectivity index (χ1n) is 16.8. The predicted octanol–water partition coefficient (Wildman–Crippen LogP) is 3.84. The van der Waals surface area contributed by atoms with Crippen LogP contribution in [0.25, 0.3) is 0 Å². The summed E-state index contributed by atoms with van der Waals surface area (Å²) in [4.78, 5) is 75.5. The molecule has 16 nitrogen and oxygen atoms in total. The van der Waals surface area contributed by atoms with Gasteiger partial charge in [0.1, 0.15) is 24.1 Å². The number of hydrogen-bond acceptors (Lipinski definition) is 11. The molecule has 2 aliphatic rings. The fourth-order valence-corrected chi connectivity index (χ4v) is 6.19. The summed E-state index contributed by atoms with van der Waals surface area (Å²) in [6.45, 7) is 1.25. The minimum atomic E-state index is -1.09. The molecule has 3 aromatic carbocycles. The molecule has 0 spiro atoms. The molecule has 17 heteroatoms. The Balaban J connectivity index is 0.902. The third kappa shape index (κ3) is 8.68. The van der Waals surface area contributed by atoms with Crippen molar-refractivity contribution in [2.24, 2.45) is 0 Å². The summed E-state index contributed by atoms with van der Waals surface area (Å²) in [5.41, 5.74) is 4.34. The number of amides is 6. The molecule has 0 radical (unpaired) electrons. The number of piperidine rings is 1. The number of halogens is 1. The summed E-state index contributed by atoms with van der Waals surface area (Å²) in [7, 11) is 0. The van der Waals surface area contributed by atoms with E-state index in [0.717, 1.165) is 23.3 Å². The summed E-state index contributed by atoms with van der Waals surface area (Å²) >= 11 is 6.23. The lowest BCUT2D eigenvalue weighted by Crippen LogP contribution is -2.54. The van der Waals surface area contributed by atoms with Crippen molar-refractivity contribution in [2.45, 2.75) is 64.3 Å². The largest absolute Gasteiger partial charge is 0.487 e. The first-order chi connectivity index (χ1) is 25.6. The fraction of sp³-hybridized carbons (Fsp3) is 0.278. The Labute approximate surface area is 307 Å². The molecule has 1 atom stereocenters. The normalized spacial score (nSPS) is 15.2. The van der Waals surface area contributed by atoms with Crippen LogP contribution in [0.1, 0.15) is 80.9 Å². The number of nitrogens with zero attached hydrogens (tertiary/aromatic N) is 4. The number of carbonyl (C=O) groups is 6. The molecule has 274 valence electrons. The fourth-order valence-electron chi connectivity index (χ4n) is 6.01. The summed E-state index contributed by atoms with van der Waals surface area (Å²) < 4.78 is 7.57. The van der Waals surface area contributed by atoms with Crippen molar-refractivity contribution in [2.75, 3.05) is 10.6 Å². The molecule has 1 saturated heterocycles. The lowest BCUT2D eigenvalue weighted by atomic mass is 10.0. The van der Waals surface area contributed by atoms with Crippen molar-refractivity contribution in [1.29, 1.82) is 0 Å². The van der Waals surface area contributed by atoms with Crippen LogP contribution in [0.3, 0.4) is 0 Å². The summed E-state index contributed by atoms with van der Waals surface area (Å²) in [5.74, 6) is -2.78. The zero-order valence-electron chi connectivity index (χ0n) is 28.3. The van der Waals surface area contributed by atoms with Gasteiger partial charge in [-0.25, -0.2) is 5.48 Å². The molecule has 2 aliphatic heterocycles. The Bertz CT molecular complexity index is 2070. The monoisotopic (exact) mass is 742 g/mol. The van der Waals surface area contributed by atoms with Crippen molar-refractivity contribution < 1.29 is 38.7 Å². The number of hydroxylamine groups is 1. The Morgan fingerprint density at radius 2 is 1.79 bits per heavy atom. The van der Waals surface area contributed by atoms with Crippen molar-refractivity contribution in [1.82, 2.24) is 30.7 Å². The van der Waals surface area contributed by atoms with Crippen molar-refractivity contribution in [3.05, 3.63) is 99.8 Å². The number of aryl methyl sites for hydroxylation is 1. The van der Waals surface area contributed by atoms with Gasteiger partial charge < -0.3 is 15.4 Å². The first-order valence-corrected chi connectivity index (χ1v) is 17.2. The SMILES string of the molecule is O=C1CCC(N2C(=O)c3cccc(NC(=O)CCCCCn4cc(COc5ccc(CNc6cc(C(=O)NO)ccc6Cl)cc5)nn4)c3C2=O)C(=O)N1. The van der Waals surface area contributed by atoms with Crippen LogP contribution in [0.4, 0.5) is 11.4 Å². The van der Waals surface area contributed by atoms with E-state index in [1.54, 1.807) is 40.6 Å². The second kappa shape index (κ2) is 16.5. The Kier molecular flexibility index (Phi) is 11.4. The Hall–Kier alpha value is -6.13. The van der Waals surface area contributed by atoms with Crippen LogP contribution in [0.2, 0.25) is 5.02 Å². The molecule has 6 amide bonds. The van der Waals surface area contributed by atoms with Crippen LogP contribution in [0.5, 0.6) is 5.75 Å². The van der Waals surface area contributed by atoms with Gasteiger partial charge in [-0.15, -0.1) is 5.10 Å². The van der Waals surface area contributed by atoms with Gasteiger partial charge in [-0.3, -0.25) is 48.9 Å². The standard InChI is InChI=1S/C36H35ClN8O8/c37-26-13-10-22(33(48)42-52)17-28(26)38-18-21-8-11-24(12-9-21)53-20-23-19-44(43-41-23)16-3-1-2-7-30(46)39-27-6-4-5-25-32(27)36(51)45(35(25)50)29-14-15-31(47)40-34(29)49/h4-6,8-13,17,19,29,38,52H,1-3,7,14-16,18,20H2,(H,39,46)(H,42,48)(H,40,47,49). The van der Waals surface area contributed by atoms with E-state index in [-0.39, 0.29) is 54.2 Å². The molecule has 53 heavy (non-hydrogen) atoms. The Morgan fingerprint density at radius 3 is 2.57 bits per heavy atom.